The van der Waals surface area contributed by atoms with Gasteiger partial charge in [0.2, 0.25) is 0 Å². The van der Waals surface area contributed by atoms with Gasteiger partial charge in [-0.1, -0.05) is 0 Å². The molecule has 2 radical (unpaired) electrons. The number of methoxy groups -OCH3 is 1. The third-order valence-electron chi connectivity index (χ3n) is 2.62. The average Bonchev–Trinajstić information content (AvgIpc) is 2.56. The lowest BCUT2D eigenvalue weighted by molar-refractivity contribution is -0.0632. The van der Waals surface area contributed by atoms with Gasteiger partial charge in [-0.15, -0.1) is 0 Å². The van der Waals surface area contributed by atoms with E-state index in [1.165, 1.54) is 7.11 Å². The number of nitrogens with two attached hydrogens (primary N) is 1. The molecule has 5 atom stereocenters. The Morgan fingerprint density at radius 3 is 2.69 bits per heavy atom. The first-order valence-corrected chi connectivity index (χ1v) is 5.18. The van der Waals surface area contributed by atoms with Gasteiger partial charge in [-0.25, -0.2) is 0 Å². The number of hydrogen-bond donors (Lipinski definition) is 3. The summed E-state index contributed by atoms with van der Waals surface area (Å²) in [5.74, 6) is 0. The van der Waals surface area contributed by atoms with Crippen molar-refractivity contribution in [3.05, 3.63) is 0 Å². The Kier molecular flexibility index (Phi) is 5.67. The highest BCUT2D eigenvalue weighted by molar-refractivity contribution is 6.11. The van der Waals surface area contributed by atoms with E-state index in [1.54, 1.807) is 0 Å². The fourth-order valence-electron chi connectivity index (χ4n) is 1.56. The zero-order valence-electron chi connectivity index (χ0n) is 9.28. The summed E-state index contributed by atoms with van der Waals surface area (Å²) in [4.78, 5) is 0. The zero-order valence-corrected chi connectivity index (χ0v) is 9.28. The Balaban J connectivity index is 2.41. The Hall–Kier alpha value is -0.175. The molecule has 0 aromatic rings. The van der Waals surface area contributed by atoms with Crippen molar-refractivity contribution in [1.29, 1.82) is 0 Å². The number of rotatable bonds is 6. The molecule has 0 spiro atoms. The maximum atomic E-state index is 9.72. The Morgan fingerprint density at radius 2 is 2.25 bits per heavy atom. The molecule has 92 valence electrons. The van der Waals surface area contributed by atoms with Crippen LogP contribution < -0.4 is 5.73 Å². The average molecular weight is 231 g/mol. The molecule has 6 nitrogen and oxygen atoms in total. The lowest BCUT2D eigenvalue weighted by Gasteiger charge is -2.21. The maximum absolute atomic E-state index is 9.72. The van der Waals surface area contributed by atoms with Crippen molar-refractivity contribution in [1.82, 2.24) is 0 Å². The topological polar surface area (TPSA) is 94.2 Å². The third kappa shape index (κ3) is 3.16. The normalized spacial score (nSPS) is 36.5. The van der Waals surface area contributed by atoms with Crippen LogP contribution in [0.1, 0.15) is 0 Å². The molecule has 4 N–H and O–H groups in total. The lowest BCUT2D eigenvalue weighted by atomic mass is 9.93. The van der Waals surface area contributed by atoms with Gasteiger partial charge in [0.1, 0.15) is 26.2 Å². The van der Waals surface area contributed by atoms with E-state index in [4.69, 9.17) is 32.9 Å². The van der Waals surface area contributed by atoms with Crippen LogP contribution in [0, 0.1) is 0 Å². The molecule has 2 unspecified atom stereocenters. The predicted octanol–water partition coefficient (Wildman–Crippen LogP) is -2.41. The van der Waals surface area contributed by atoms with Crippen LogP contribution in [0.4, 0.5) is 0 Å². The van der Waals surface area contributed by atoms with E-state index in [2.05, 4.69) is 0 Å². The third-order valence-corrected chi connectivity index (χ3v) is 2.62. The highest BCUT2D eigenvalue weighted by Gasteiger charge is 2.41. The van der Waals surface area contributed by atoms with Gasteiger partial charge in [0.15, 0.2) is 0 Å². The van der Waals surface area contributed by atoms with Crippen LogP contribution in [0.15, 0.2) is 0 Å². The maximum Gasteiger partial charge on any atom is 0.112 e. The van der Waals surface area contributed by atoms with Gasteiger partial charge >= 0.3 is 0 Å². The second-order valence-corrected chi connectivity index (χ2v) is 3.70. The summed E-state index contributed by atoms with van der Waals surface area (Å²) in [5, 5.41) is 18.6. The Morgan fingerprint density at radius 1 is 1.56 bits per heavy atom. The minimum Gasteiger partial charge on any atom is -0.394 e. The van der Waals surface area contributed by atoms with E-state index in [0.29, 0.717) is 6.54 Å². The molecule has 0 amide bonds. The van der Waals surface area contributed by atoms with Gasteiger partial charge in [0.05, 0.1) is 19.3 Å². The summed E-state index contributed by atoms with van der Waals surface area (Å²) in [6.45, 7) is 0.252. The molecule has 1 aliphatic rings. The molecule has 1 rings (SSSR count). The van der Waals surface area contributed by atoms with Gasteiger partial charge < -0.3 is 30.2 Å². The quantitative estimate of drug-likeness (QED) is 0.441. The molecule has 1 heterocycles. The summed E-state index contributed by atoms with van der Waals surface area (Å²) in [6.07, 6.45) is -2.54. The number of hydrogen-bond acceptors (Lipinski definition) is 6. The molecule has 0 aliphatic carbocycles. The summed E-state index contributed by atoms with van der Waals surface area (Å²) in [6, 6.07) is -0.748. The molecule has 1 fully saturated rings. The Bertz CT molecular complexity index is 204. The van der Waals surface area contributed by atoms with Crippen LogP contribution in [-0.4, -0.2) is 75.3 Å². The molecule has 0 saturated carbocycles. The van der Waals surface area contributed by atoms with E-state index < -0.39 is 24.3 Å². The highest BCUT2D eigenvalue weighted by Crippen LogP contribution is 2.22. The highest BCUT2D eigenvalue weighted by atomic mass is 16.6. The Labute approximate surface area is 96.1 Å². The monoisotopic (exact) mass is 231 g/mol. The first kappa shape index (κ1) is 13.9. The number of ether oxygens (including phenoxy) is 3. The summed E-state index contributed by atoms with van der Waals surface area (Å²) < 4.78 is 15.5. The summed E-state index contributed by atoms with van der Waals surface area (Å²) in [7, 11) is 7.14. The van der Waals surface area contributed by atoms with E-state index >= 15 is 0 Å². The van der Waals surface area contributed by atoms with Crippen molar-refractivity contribution < 1.29 is 24.4 Å². The molecule has 0 aromatic heterocycles. The smallest absolute Gasteiger partial charge is 0.112 e. The van der Waals surface area contributed by atoms with Gasteiger partial charge in [-0.3, -0.25) is 0 Å². The van der Waals surface area contributed by atoms with Gasteiger partial charge in [-0.05, 0) is 0 Å². The second kappa shape index (κ2) is 6.53. The molecule has 0 bridgehead atoms. The SMILES string of the molecule is [B][C@@H]1O[C@H](CO)C(O)[C@@H]1OCC(CN)OC. The van der Waals surface area contributed by atoms with Crippen molar-refractivity contribution in [2.75, 3.05) is 26.9 Å². The second-order valence-electron chi connectivity index (χ2n) is 3.70. The van der Waals surface area contributed by atoms with Crippen molar-refractivity contribution in [2.24, 2.45) is 5.73 Å². The molecular weight excluding hydrogens is 213 g/mol. The van der Waals surface area contributed by atoms with Crippen molar-refractivity contribution in [3.8, 4) is 0 Å². The van der Waals surface area contributed by atoms with Crippen LogP contribution in [0.25, 0.3) is 0 Å². The fraction of sp³-hybridized carbons (Fsp3) is 1.00. The summed E-state index contributed by atoms with van der Waals surface area (Å²) >= 11 is 0. The summed E-state index contributed by atoms with van der Waals surface area (Å²) in [5.41, 5.74) is 5.42. The van der Waals surface area contributed by atoms with Gasteiger partial charge in [-0.2, -0.15) is 0 Å². The van der Waals surface area contributed by atoms with Gasteiger partial charge in [0, 0.05) is 19.7 Å². The lowest BCUT2D eigenvalue weighted by Crippen LogP contribution is -2.39. The van der Waals surface area contributed by atoms with E-state index in [9.17, 15) is 5.11 Å². The molecule has 1 saturated heterocycles. The zero-order chi connectivity index (χ0) is 12.1. The van der Waals surface area contributed by atoms with Crippen LogP contribution in [0.5, 0.6) is 0 Å². The van der Waals surface area contributed by atoms with Crippen molar-refractivity contribution >= 4 is 7.85 Å². The van der Waals surface area contributed by atoms with E-state index in [1.807, 2.05) is 0 Å². The van der Waals surface area contributed by atoms with E-state index in [0.717, 1.165) is 0 Å². The van der Waals surface area contributed by atoms with Crippen LogP contribution in [-0.2, 0) is 14.2 Å². The van der Waals surface area contributed by atoms with Crippen LogP contribution >= 0.6 is 0 Å². The largest absolute Gasteiger partial charge is 0.394 e. The molecule has 0 aromatic carbocycles. The molecular formula is C9H18BNO5. The first-order chi connectivity index (χ1) is 7.63. The van der Waals surface area contributed by atoms with Crippen LogP contribution in [0.3, 0.4) is 0 Å². The first-order valence-electron chi connectivity index (χ1n) is 5.18. The van der Waals surface area contributed by atoms with Crippen LogP contribution in [0.2, 0.25) is 0 Å². The minimum atomic E-state index is -0.935. The molecule has 1 aliphatic heterocycles. The fourth-order valence-corrected chi connectivity index (χ4v) is 1.56. The molecule has 7 heteroatoms. The minimum absolute atomic E-state index is 0.226. The van der Waals surface area contributed by atoms with E-state index in [-0.39, 0.29) is 19.3 Å². The molecule has 16 heavy (non-hydrogen) atoms. The standard InChI is InChI=1S/C9H18BNO5/c1-14-5(2-11)4-15-8-7(13)6(3-12)16-9(8)10/h5-9,12-13H,2-4,11H2,1H3/t5?,6-,7?,8+,9-/m1/s1. The van der Waals surface area contributed by atoms with Crippen molar-refractivity contribution in [2.45, 2.75) is 30.4 Å². The van der Waals surface area contributed by atoms with Crippen molar-refractivity contribution in [3.63, 3.8) is 0 Å². The van der Waals surface area contributed by atoms with Gasteiger partial charge in [0.25, 0.3) is 0 Å². The number of aliphatic hydroxyl groups excluding tert-OH is 2. The number of aliphatic hydroxyl groups is 2. The predicted molar refractivity (Wildman–Crippen MR) is 57.1 cm³/mol.